The molecule has 0 aliphatic carbocycles. The molecule has 0 radical (unpaired) electrons. The summed E-state index contributed by atoms with van der Waals surface area (Å²) < 4.78 is 16.7. The first-order valence-electron chi connectivity index (χ1n) is 9.58. The molecule has 1 aliphatic rings. The summed E-state index contributed by atoms with van der Waals surface area (Å²) >= 11 is 0. The molecular weight excluding hydrogens is 324 g/mol. The second-order valence-electron chi connectivity index (χ2n) is 6.85. The molecule has 146 valence electrons. The van der Waals surface area contributed by atoms with Gasteiger partial charge in [0.15, 0.2) is 6.10 Å². The number of carbonyl (C=O) groups is 2. The standard InChI is InChI=1S/C19H34O6/c1-6-13(7-2)18(21)23-11-16-17(15(20)10-12(5)24-16)25-19(22)14(8-3)9-4/h12-17,20H,6-11H2,1-5H3. The maximum atomic E-state index is 12.3. The van der Waals surface area contributed by atoms with Gasteiger partial charge in [-0.05, 0) is 32.6 Å². The van der Waals surface area contributed by atoms with Crippen molar-refractivity contribution in [2.75, 3.05) is 6.61 Å². The molecule has 0 bridgehead atoms. The molecule has 0 saturated carbocycles. The molecule has 1 fully saturated rings. The molecular formula is C19H34O6. The Kier molecular flexibility index (Phi) is 9.43. The Morgan fingerprint density at radius 1 is 1.04 bits per heavy atom. The van der Waals surface area contributed by atoms with E-state index in [2.05, 4.69) is 0 Å². The van der Waals surface area contributed by atoms with E-state index < -0.39 is 18.3 Å². The Balaban J connectivity index is 2.74. The number of hydrogen-bond acceptors (Lipinski definition) is 6. The number of hydrogen-bond donors (Lipinski definition) is 1. The molecule has 25 heavy (non-hydrogen) atoms. The van der Waals surface area contributed by atoms with Crippen LogP contribution in [0, 0.1) is 11.8 Å². The predicted octanol–water partition coefficient (Wildman–Crippen LogP) is 2.85. The van der Waals surface area contributed by atoms with Gasteiger partial charge in [0.25, 0.3) is 0 Å². The molecule has 1 rings (SSSR count). The second-order valence-corrected chi connectivity index (χ2v) is 6.85. The fraction of sp³-hybridized carbons (Fsp3) is 0.895. The minimum atomic E-state index is -0.820. The molecule has 1 aliphatic heterocycles. The van der Waals surface area contributed by atoms with Crippen LogP contribution >= 0.6 is 0 Å². The van der Waals surface area contributed by atoms with Crippen molar-refractivity contribution in [3.05, 3.63) is 0 Å². The zero-order valence-corrected chi connectivity index (χ0v) is 16.2. The number of carbonyl (C=O) groups excluding carboxylic acids is 2. The first-order valence-corrected chi connectivity index (χ1v) is 9.58. The van der Waals surface area contributed by atoms with Crippen molar-refractivity contribution in [3.63, 3.8) is 0 Å². The SMILES string of the molecule is CCC(CC)C(=O)OCC1OC(C)CC(O)C1OC(=O)C(CC)CC. The van der Waals surface area contributed by atoms with E-state index in [1.54, 1.807) is 0 Å². The largest absolute Gasteiger partial charge is 0.463 e. The van der Waals surface area contributed by atoms with Gasteiger partial charge in [0.1, 0.15) is 12.7 Å². The average molecular weight is 358 g/mol. The van der Waals surface area contributed by atoms with Crippen LogP contribution in [0.3, 0.4) is 0 Å². The Morgan fingerprint density at radius 2 is 1.56 bits per heavy atom. The molecule has 0 aromatic rings. The molecule has 6 nitrogen and oxygen atoms in total. The number of rotatable bonds is 9. The summed E-state index contributed by atoms with van der Waals surface area (Å²) in [4.78, 5) is 24.4. The first-order chi connectivity index (χ1) is 11.9. The van der Waals surface area contributed by atoms with Gasteiger partial charge in [-0.1, -0.05) is 27.7 Å². The fourth-order valence-corrected chi connectivity index (χ4v) is 3.20. The second kappa shape index (κ2) is 10.8. The highest BCUT2D eigenvalue weighted by Crippen LogP contribution is 2.25. The van der Waals surface area contributed by atoms with Crippen molar-refractivity contribution < 1.29 is 28.9 Å². The highest BCUT2D eigenvalue weighted by atomic mass is 16.6. The van der Waals surface area contributed by atoms with Gasteiger partial charge in [-0.3, -0.25) is 9.59 Å². The van der Waals surface area contributed by atoms with Gasteiger partial charge < -0.3 is 19.3 Å². The third kappa shape index (κ3) is 6.26. The van der Waals surface area contributed by atoms with E-state index in [9.17, 15) is 14.7 Å². The third-order valence-electron chi connectivity index (χ3n) is 5.01. The van der Waals surface area contributed by atoms with Gasteiger partial charge >= 0.3 is 11.9 Å². The van der Waals surface area contributed by atoms with E-state index in [-0.39, 0.29) is 36.5 Å². The summed E-state index contributed by atoms with van der Waals surface area (Å²) in [5.74, 6) is -0.939. The number of aliphatic hydroxyl groups is 1. The van der Waals surface area contributed by atoms with Crippen molar-refractivity contribution in [3.8, 4) is 0 Å². The highest BCUT2D eigenvalue weighted by molar-refractivity contribution is 5.73. The number of ether oxygens (including phenoxy) is 3. The van der Waals surface area contributed by atoms with Crippen molar-refractivity contribution in [2.24, 2.45) is 11.8 Å². The van der Waals surface area contributed by atoms with Crippen LogP contribution in [0.1, 0.15) is 66.7 Å². The predicted molar refractivity (Wildman–Crippen MR) is 93.9 cm³/mol. The van der Waals surface area contributed by atoms with Gasteiger partial charge in [0.05, 0.1) is 24.0 Å². The molecule has 0 amide bonds. The highest BCUT2D eigenvalue weighted by Gasteiger charge is 2.40. The molecule has 1 heterocycles. The van der Waals surface area contributed by atoms with E-state index in [1.165, 1.54) is 0 Å². The van der Waals surface area contributed by atoms with E-state index in [0.717, 1.165) is 0 Å². The van der Waals surface area contributed by atoms with Gasteiger partial charge in [-0.15, -0.1) is 0 Å². The third-order valence-corrected chi connectivity index (χ3v) is 5.01. The van der Waals surface area contributed by atoms with Crippen LogP contribution < -0.4 is 0 Å². The summed E-state index contributed by atoms with van der Waals surface area (Å²) in [5.41, 5.74) is 0. The van der Waals surface area contributed by atoms with Crippen molar-refractivity contribution in [2.45, 2.75) is 91.1 Å². The zero-order chi connectivity index (χ0) is 19.0. The van der Waals surface area contributed by atoms with Gasteiger partial charge in [0, 0.05) is 6.42 Å². The van der Waals surface area contributed by atoms with E-state index in [0.29, 0.717) is 32.1 Å². The number of aliphatic hydroxyl groups excluding tert-OH is 1. The summed E-state index contributed by atoms with van der Waals surface area (Å²) in [6.07, 6.45) is 0.730. The quantitative estimate of drug-likeness (QED) is 0.638. The van der Waals surface area contributed by atoms with Crippen LogP contribution in [0.4, 0.5) is 0 Å². The van der Waals surface area contributed by atoms with Crippen LogP contribution in [0.2, 0.25) is 0 Å². The topological polar surface area (TPSA) is 82.1 Å². The lowest BCUT2D eigenvalue weighted by Gasteiger charge is -2.38. The lowest BCUT2D eigenvalue weighted by Crippen LogP contribution is -2.52. The molecule has 0 aromatic carbocycles. The molecule has 1 saturated heterocycles. The normalized spacial score (nSPS) is 26.7. The van der Waals surface area contributed by atoms with Gasteiger partial charge in [-0.25, -0.2) is 0 Å². The fourth-order valence-electron chi connectivity index (χ4n) is 3.20. The lowest BCUT2D eigenvalue weighted by molar-refractivity contribution is -0.208. The van der Waals surface area contributed by atoms with Crippen LogP contribution in [0.25, 0.3) is 0 Å². The Bertz CT molecular complexity index is 416. The van der Waals surface area contributed by atoms with Gasteiger partial charge in [-0.2, -0.15) is 0 Å². The average Bonchev–Trinajstić information content (AvgIpc) is 2.57. The minimum absolute atomic E-state index is 0.0163. The maximum Gasteiger partial charge on any atom is 0.309 e. The molecule has 0 spiro atoms. The van der Waals surface area contributed by atoms with Crippen LogP contribution in [-0.2, 0) is 23.8 Å². The number of esters is 2. The molecule has 6 heteroatoms. The molecule has 0 aromatic heterocycles. The van der Waals surface area contributed by atoms with E-state index in [1.807, 2.05) is 34.6 Å². The zero-order valence-electron chi connectivity index (χ0n) is 16.2. The van der Waals surface area contributed by atoms with Crippen molar-refractivity contribution in [1.29, 1.82) is 0 Å². The monoisotopic (exact) mass is 358 g/mol. The first kappa shape index (κ1) is 21.9. The van der Waals surface area contributed by atoms with E-state index in [4.69, 9.17) is 14.2 Å². The summed E-state index contributed by atoms with van der Waals surface area (Å²) in [6.45, 7) is 9.58. The summed E-state index contributed by atoms with van der Waals surface area (Å²) in [6, 6.07) is 0. The maximum absolute atomic E-state index is 12.3. The van der Waals surface area contributed by atoms with E-state index >= 15 is 0 Å². The molecule has 4 unspecified atom stereocenters. The van der Waals surface area contributed by atoms with Crippen LogP contribution in [-0.4, -0.2) is 48.1 Å². The summed E-state index contributed by atoms with van der Waals surface area (Å²) in [7, 11) is 0. The lowest BCUT2D eigenvalue weighted by atomic mass is 9.97. The van der Waals surface area contributed by atoms with Crippen LogP contribution in [0.15, 0.2) is 0 Å². The summed E-state index contributed by atoms with van der Waals surface area (Å²) in [5, 5.41) is 10.4. The van der Waals surface area contributed by atoms with Crippen molar-refractivity contribution >= 4 is 11.9 Å². The van der Waals surface area contributed by atoms with Crippen LogP contribution in [0.5, 0.6) is 0 Å². The Hall–Kier alpha value is -1.14. The smallest absolute Gasteiger partial charge is 0.309 e. The van der Waals surface area contributed by atoms with Gasteiger partial charge in [0.2, 0.25) is 0 Å². The minimum Gasteiger partial charge on any atom is -0.463 e. The molecule has 4 atom stereocenters. The Labute approximate surface area is 151 Å². The van der Waals surface area contributed by atoms with Crippen molar-refractivity contribution in [1.82, 2.24) is 0 Å². The Morgan fingerprint density at radius 3 is 2.08 bits per heavy atom. The molecule has 1 N–H and O–H groups in total.